The maximum absolute atomic E-state index is 12.1. The molecule has 1 heterocycles. The number of rotatable bonds is 10. The fraction of sp³-hybridized carbons (Fsp3) is 0.444. The highest BCUT2D eigenvalue weighted by Gasteiger charge is 2.13. The van der Waals surface area contributed by atoms with E-state index in [0.717, 1.165) is 20.8 Å². The summed E-state index contributed by atoms with van der Waals surface area (Å²) >= 11 is 4.15. The molecule has 0 bridgehead atoms. The fourth-order valence-corrected chi connectivity index (χ4v) is 5.02. The highest BCUT2D eigenvalue weighted by atomic mass is 32.2. The smallest absolute Gasteiger partial charge is 0.234 e. The van der Waals surface area contributed by atoms with Gasteiger partial charge in [-0.05, 0) is 38.0 Å². The van der Waals surface area contributed by atoms with Gasteiger partial charge in [-0.15, -0.1) is 10.2 Å². The Morgan fingerprint density at radius 2 is 1.74 bits per heavy atom. The quantitative estimate of drug-likeness (QED) is 0.585. The minimum absolute atomic E-state index is 0.0747. The molecule has 0 saturated carbocycles. The minimum atomic E-state index is -0.0747. The predicted octanol–water partition coefficient (Wildman–Crippen LogP) is 3.79. The van der Waals surface area contributed by atoms with E-state index in [1.165, 1.54) is 40.4 Å². The van der Waals surface area contributed by atoms with Crippen LogP contribution in [-0.2, 0) is 16.0 Å². The Hall–Kier alpha value is -1.58. The van der Waals surface area contributed by atoms with Gasteiger partial charge in [0.2, 0.25) is 11.8 Å². The summed E-state index contributed by atoms with van der Waals surface area (Å²) in [5, 5.41) is 11.1. The summed E-state index contributed by atoms with van der Waals surface area (Å²) in [6, 6.07) is 7.84. The molecule has 9 heteroatoms. The lowest BCUT2D eigenvalue weighted by atomic mass is 10.1. The summed E-state index contributed by atoms with van der Waals surface area (Å²) in [6.45, 7) is 7.44. The average molecular weight is 425 g/mol. The van der Waals surface area contributed by atoms with E-state index in [0.29, 0.717) is 18.8 Å². The largest absolute Gasteiger partial charge is 0.343 e. The van der Waals surface area contributed by atoms with Crippen LogP contribution < -0.4 is 5.32 Å². The molecule has 0 spiro atoms. The maximum Gasteiger partial charge on any atom is 0.234 e. The first kappa shape index (κ1) is 21.7. The SMILES string of the molecule is CCc1cccc(NC(=O)CSc2nnc(SCC(=O)N(CC)CC)s2)c1. The third-order valence-electron chi connectivity index (χ3n) is 3.77. The van der Waals surface area contributed by atoms with Gasteiger partial charge < -0.3 is 10.2 Å². The number of hydrogen-bond acceptors (Lipinski definition) is 7. The molecule has 146 valence electrons. The monoisotopic (exact) mass is 424 g/mol. The molecule has 0 saturated heterocycles. The summed E-state index contributed by atoms with van der Waals surface area (Å²) in [6.07, 6.45) is 0.931. The molecular weight excluding hydrogens is 400 g/mol. The molecule has 2 rings (SSSR count). The Balaban J connectivity index is 1.78. The van der Waals surface area contributed by atoms with E-state index >= 15 is 0 Å². The van der Waals surface area contributed by atoms with E-state index in [-0.39, 0.29) is 17.6 Å². The summed E-state index contributed by atoms with van der Waals surface area (Å²) in [5.74, 6) is 0.654. The standard InChI is InChI=1S/C18H24N4O2S3/c1-4-13-8-7-9-14(10-13)19-15(23)11-25-17-20-21-18(27-17)26-12-16(24)22(5-2)6-3/h7-10H,4-6,11-12H2,1-3H3,(H,19,23). The van der Waals surface area contributed by atoms with Crippen molar-refractivity contribution in [3.05, 3.63) is 29.8 Å². The number of amides is 2. The van der Waals surface area contributed by atoms with Crippen LogP contribution in [0.2, 0.25) is 0 Å². The minimum Gasteiger partial charge on any atom is -0.343 e. The number of nitrogens with zero attached hydrogens (tertiary/aromatic N) is 3. The molecule has 1 aromatic carbocycles. The lowest BCUT2D eigenvalue weighted by Gasteiger charge is -2.17. The molecule has 2 aromatic rings. The number of anilines is 1. The Morgan fingerprint density at radius 3 is 2.37 bits per heavy atom. The average Bonchev–Trinajstić information content (AvgIpc) is 3.14. The lowest BCUT2D eigenvalue weighted by Crippen LogP contribution is -2.31. The molecule has 1 N–H and O–H groups in total. The molecule has 27 heavy (non-hydrogen) atoms. The normalized spacial score (nSPS) is 10.6. The van der Waals surface area contributed by atoms with E-state index in [4.69, 9.17) is 0 Å². The van der Waals surface area contributed by atoms with Crippen molar-refractivity contribution in [3.8, 4) is 0 Å². The van der Waals surface area contributed by atoms with Gasteiger partial charge >= 0.3 is 0 Å². The third-order valence-corrected chi connectivity index (χ3v) is 6.94. The zero-order valence-corrected chi connectivity index (χ0v) is 18.2. The van der Waals surface area contributed by atoms with Crippen LogP contribution in [0.1, 0.15) is 26.3 Å². The van der Waals surface area contributed by atoms with Crippen molar-refractivity contribution in [2.75, 3.05) is 29.9 Å². The second-order valence-electron chi connectivity index (χ2n) is 5.58. The second kappa shape index (κ2) is 11.3. The summed E-state index contributed by atoms with van der Waals surface area (Å²) in [5.41, 5.74) is 1.99. The number of aryl methyl sites for hydroxylation is 1. The molecule has 0 radical (unpaired) electrons. The van der Waals surface area contributed by atoms with Crippen LogP contribution in [0.4, 0.5) is 5.69 Å². The van der Waals surface area contributed by atoms with Crippen molar-refractivity contribution in [1.29, 1.82) is 0 Å². The van der Waals surface area contributed by atoms with Gasteiger partial charge in [0.15, 0.2) is 8.68 Å². The van der Waals surface area contributed by atoms with E-state index in [1.807, 2.05) is 38.1 Å². The van der Waals surface area contributed by atoms with Crippen molar-refractivity contribution >= 4 is 52.4 Å². The van der Waals surface area contributed by atoms with Gasteiger partial charge in [-0.3, -0.25) is 9.59 Å². The Morgan fingerprint density at radius 1 is 1.07 bits per heavy atom. The number of aromatic nitrogens is 2. The van der Waals surface area contributed by atoms with Gasteiger partial charge in [0, 0.05) is 18.8 Å². The van der Waals surface area contributed by atoms with Gasteiger partial charge in [-0.2, -0.15) is 0 Å². The second-order valence-corrected chi connectivity index (χ2v) is 9.00. The molecule has 0 unspecified atom stereocenters. The molecule has 1 aromatic heterocycles. The summed E-state index contributed by atoms with van der Waals surface area (Å²) in [7, 11) is 0. The first-order chi connectivity index (χ1) is 13.0. The van der Waals surface area contributed by atoms with Crippen molar-refractivity contribution in [3.63, 3.8) is 0 Å². The van der Waals surface area contributed by atoms with E-state index in [9.17, 15) is 9.59 Å². The van der Waals surface area contributed by atoms with Crippen molar-refractivity contribution in [2.45, 2.75) is 35.9 Å². The highest BCUT2D eigenvalue weighted by molar-refractivity contribution is 8.03. The number of carbonyl (C=O) groups is 2. The fourth-order valence-electron chi connectivity index (χ4n) is 2.30. The number of nitrogens with one attached hydrogen (secondary N) is 1. The Bertz CT molecular complexity index is 763. The van der Waals surface area contributed by atoms with Gasteiger partial charge in [-0.25, -0.2) is 0 Å². The first-order valence-corrected chi connectivity index (χ1v) is 11.6. The highest BCUT2D eigenvalue weighted by Crippen LogP contribution is 2.29. The van der Waals surface area contributed by atoms with Crippen LogP contribution >= 0.6 is 34.9 Å². The number of thioether (sulfide) groups is 2. The van der Waals surface area contributed by atoms with Gasteiger partial charge in [0.05, 0.1) is 11.5 Å². The van der Waals surface area contributed by atoms with Crippen molar-refractivity contribution < 1.29 is 9.59 Å². The number of carbonyl (C=O) groups excluding carboxylic acids is 2. The van der Waals surface area contributed by atoms with E-state index < -0.39 is 0 Å². The molecule has 0 atom stereocenters. The van der Waals surface area contributed by atoms with Crippen LogP contribution in [0.3, 0.4) is 0 Å². The third kappa shape index (κ3) is 7.15. The van der Waals surface area contributed by atoms with E-state index in [2.05, 4.69) is 22.4 Å². The molecule has 6 nitrogen and oxygen atoms in total. The van der Waals surface area contributed by atoms with Crippen LogP contribution in [0, 0.1) is 0 Å². The molecule has 2 amide bonds. The maximum atomic E-state index is 12.1. The Labute approximate surface area is 172 Å². The number of hydrogen-bond donors (Lipinski definition) is 1. The van der Waals surface area contributed by atoms with Gasteiger partial charge in [0.1, 0.15) is 0 Å². The molecule has 0 fully saturated rings. The van der Waals surface area contributed by atoms with Crippen LogP contribution in [0.5, 0.6) is 0 Å². The summed E-state index contributed by atoms with van der Waals surface area (Å²) in [4.78, 5) is 25.9. The lowest BCUT2D eigenvalue weighted by molar-refractivity contribution is -0.128. The van der Waals surface area contributed by atoms with Crippen molar-refractivity contribution in [2.24, 2.45) is 0 Å². The van der Waals surface area contributed by atoms with Gasteiger partial charge in [-0.1, -0.05) is 53.9 Å². The number of benzene rings is 1. The van der Waals surface area contributed by atoms with Crippen LogP contribution in [0.25, 0.3) is 0 Å². The topological polar surface area (TPSA) is 75.2 Å². The molecule has 0 aliphatic carbocycles. The Kier molecular flexibility index (Phi) is 9.09. The predicted molar refractivity (Wildman–Crippen MR) is 114 cm³/mol. The van der Waals surface area contributed by atoms with Crippen molar-refractivity contribution in [1.82, 2.24) is 15.1 Å². The molecule has 0 aliphatic heterocycles. The summed E-state index contributed by atoms with van der Waals surface area (Å²) < 4.78 is 1.47. The zero-order valence-electron chi connectivity index (χ0n) is 15.7. The van der Waals surface area contributed by atoms with Crippen LogP contribution in [0.15, 0.2) is 32.9 Å². The first-order valence-electron chi connectivity index (χ1n) is 8.81. The van der Waals surface area contributed by atoms with Gasteiger partial charge in [0.25, 0.3) is 0 Å². The van der Waals surface area contributed by atoms with Crippen LogP contribution in [-0.4, -0.2) is 51.5 Å². The molecular formula is C18H24N4O2S3. The van der Waals surface area contributed by atoms with E-state index in [1.54, 1.807) is 4.90 Å². The zero-order chi connectivity index (χ0) is 19.6. The molecule has 0 aliphatic rings.